The van der Waals surface area contributed by atoms with Gasteiger partial charge in [0.15, 0.2) is 0 Å². The summed E-state index contributed by atoms with van der Waals surface area (Å²) in [6, 6.07) is 10.8. The van der Waals surface area contributed by atoms with Gasteiger partial charge in [0.1, 0.15) is 0 Å². The maximum Gasteiger partial charge on any atom is 0.0368 e. The summed E-state index contributed by atoms with van der Waals surface area (Å²) in [5, 5.41) is 3.77. The van der Waals surface area contributed by atoms with Crippen LogP contribution >= 0.6 is 0 Å². The van der Waals surface area contributed by atoms with Crippen molar-refractivity contribution in [3.63, 3.8) is 0 Å². The van der Waals surface area contributed by atoms with Gasteiger partial charge in [-0.05, 0) is 62.8 Å². The molecular weight excluding hydrogens is 258 g/mol. The van der Waals surface area contributed by atoms with E-state index in [2.05, 4.69) is 39.4 Å². The van der Waals surface area contributed by atoms with Gasteiger partial charge >= 0.3 is 0 Å². The molecule has 0 bridgehead atoms. The van der Waals surface area contributed by atoms with Crippen molar-refractivity contribution < 1.29 is 0 Å². The Morgan fingerprint density at radius 3 is 2.05 bits per heavy atom. The molecule has 0 amide bonds. The molecule has 4 rings (SSSR count). The minimum Gasteiger partial charge on any atom is -0.372 e. The Bertz CT molecular complexity index is 460. The fraction of sp³-hybridized carbons (Fsp3) is 0.667. The summed E-state index contributed by atoms with van der Waals surface area (Å²) in [7, 11) is 0. The highest BCUT2D eigenvalue weighted by atomic mass is 15.2. The van der Waals surface area contributed by atoms with Crippen molar-refractivity contribution in [3.8, 4) is 0 Å². The lowest BCUT2D eigenvalue weighted by atomic mass is 10.1. The monoisotopic (exact) mass is 285 g/mol. The quantitative estimate of drug-likeness (QED) is 0.917. The second kappa shape index (κ2) is 5.88. The van der Waals surface area contributed by atoms with Crippen molar-refractivity contribution in [1.29, 1.82) is 0 Å². The summed E-state index contributed by atoms with van der Waals surface area (Å²) in [5.41, 5.74) is 2.81. The Kier molecular flexibility index (Phi) is 3.76. The number of hydrogen-bond donors (Lipinski definition) is 1. The highest BCUT2D eigenvalue weighted by Gasteiger charge is 2.29. The van der Waals surface area contributed by atoms with Gasteiger partial charge in [0.2, 0.25) is 0 Å². The fourth-order valence-electron chi connectivity index (χ4n) is 3.74. The molecule has 1 atom stereocenters. The molecule has 2 aliphatic heterocycles. The minimum absolute atomic E-state index is 0.708. The number of anilines is 2. The fourth-order valence-corrected chi connectivity index (χ4v) is 3.74. The molecule has 114 valence electrons. The molecule has 1 unspecified atom stereocenters. The minimum atomic E-state index is 0.708. The molecule has 1 aliphatic carbocycles. The van der Waals surface area contributed by atoms with Gasteiger partial charge < -0.3 is 15.1 Å². The van der Waals surface area contributed by atoms with Gasteiger partial charge in [-0.25, -0.2) is 0 Å². The van der Waals surface area contributed by atoms with Gasteiger partial charge in [-0.3, -0.25) is 0 Å². The number of piperidine rings is 1. The standard InChI is InChI=1S/C18H27N3/c1-2-11-20(12-3-1)17-6-8-18(9-7-17)21-13-10-16(14-21)19-15-4-5-15/h6-9,15-16,19H,1-5,10-14H2. The molecule has 21 heavy (non-hydrogen) atoms. The molecule has 3 heteroatoms. The first-order chi connectivity index (χ1) is 10.4. The highest BCUT2D eigenvalue weighted by Crippen LogP contribution is 2.27. The summed E-state index contributed by atoms with van der Waals surface area (Å²) < 4.78 is 0. The lowest BCUT2D eigenvalue weighted by Gasteiger charge is -2.29. The largest absolute Gasteiger partial charge is 0.372 e. The predicted molar refractivity (Wildman–Crippen MR) is 89.3 cm³/mol. The molecular formula is C18H27N3. The van der Waals surface area contributed by atoms with Gasteiger partial charge in [0, 0.05) is 49.6 Å². The van der Waals surface area contributed by atoms with Crippen LogP contribution in [-0.4, -0.2) is 38.3 Å². The van der Waals surface area contributed by atoms with E-state index >= 15 is 0 Å². The van der Waals surface area contributed by atoms with Crippen LogP contribution < -0.4 is 15.1 Å². The number of benzene rings is 1. The normalized spacial score (nSPS) is 26.4. The van der Waals surface area contributed by atoms with Crippen molar-refractivity contribution in [2.24, 2.45) is 0 Å². The molecule has 2 heterocycles. The second-order valence-corrected chi connectivity index (χ2v) is 6.94. The number of rotatable bonds is 4. The molecule has 2 saturated heterocycles. The Hall–Kier alpha value is -1.22. The van der Waals surface area contributed by atoms with Crippen LogP contribution in [0.15, 0.2) is 24.3 Å². The van der Waals surface area contributed by atoms with E-state index < -0.39 is 0 Å². The van der Waals surface area contributed by atoms with Crippen LogP contribution in [0, 0.1) is 0 Å². The highest BCUT2D eigenvalue weighted by molar-refractivity contribution is 5.57. The summed E-state index contributed by atoms with van der Waals surface area (Å²) in [5.74, 6) is 0. The molecule has 0 spiro atoms. The van der Waals surface area contributed by atoms with Crippen LogP contribution in [0.2, 0.25) is 0 Å². The average Bonchev–Trinajstić information content (AvgIpc) is 3.24. The van der Waals surface area contributed by atoms with Crippen LogP contribution in [-0.2, 0) is 0 Å². The second-order valence-electron chi connectivity index (χ2n) is 6.94. The summed E-state index contributed by atoms with van der Waals surface area (Å²) in [4.78, 5) is 5.08. The third-order valence-corrected chi connectivity index (χ3v) is 5.17. The van der Waals surface area contributed by atoms with Crippen molar-refractivity contribution in [1.82, 2.24) is 5.32 Å². The van der Waals surface area contributed by atoms with Crippen molar-refractivity contribution in [2.75, 3.05) is 36.0 Å². The molecule has 3 fully saturated rings. The van der Waals surface area contributed by atoms with Crippen molar-refractivity contribution in [2.45, 2.75) is 50.6 Å². The summed E-state index contributed by atoms with van der Waals surface area (Å²) in [6.45, 7) is 4.85. The summed E-state index contributed by atoms with van der Waals surface area (Å²) >= 11 is 0. The number of hydrogen-bond acceptors (Lipinski definition) is 3. The Morgan fingerprint density at radius 2 is 1.38 bits per heavy atom. The Balaban J connectivity index is 1.37. The summed E-state index contributed by atoms with van der Waals surface area (Å²) in [6.07, 6.45) is 8.18. The van der Waals surface area contributed by atoms with Crippen molar-refractivity contribution >= 4 is 11.4 Å². The van der Waals surface area contributed by atoms with E-state index in [0.717, 1.165) is 6.04 Å². The lowest BCUT2D eigenvalue weighted by Crippen LogP contribution is -2.34. The van der Waals surface area contributed by atoms with Gasteiger partial charge in [0.25, 0.3) is 0 Å². The van der Waals surface area contributed by atoms with E-state index in [9.17, 15) is 0 Å². The molecule has 3 aliphatic rings. The molecule has 1 N–H and O–H groups in total. The first-order valence-electron chi connectivity index (χ1n) is 8.74. The van der Waals surface area contributed by atoms with E-state index in [-0.39, 0.29) is 0 Å². The maximum absolute atomic E-state index is 3.77. The zero-order chi connectivity index (χ0) is 14.1. The average molecular weight is 285 g/mol. The first kappa shape index (κ1) is 13.4. The van der Waals surface area contributed by atoms with E-state index in [0.29, 0.717) is 6.04 Å². The van der Waals surface area contributed by atoms with Gasteiger partial charge in [0.05, 0.1) is 0 Å². The first-order valence-corrected chi connectivity index (χ1v) is 8.74. The van der Waals surface area contributed by atoms with Crippen LogP contribution in [0.3, 0.4) is 0 Å². The number of nitrogens with one attached hydrogen (secondary N) is 1. The van der Waals surface area contributed by atoms with Crippen LogP contribution in [0.1, 0.15) is 38.5 Å². The SMILES string of the molecule is c1cc(N2CCC(NC3CC3)C2)ccc1N1CCCCC1. The van der Waals surface area contributed by atoms with Gasteiger partial charge in [-0.2, -0.15) is 0 Å². The van der Waals surface area contributed by atoms with Crippen LogP contribution in [0.25, 0.3) is 0 Å². The van der Waals surface area contributed by atoms with Crippen LogP contribution in [0.5, 0.6) is 0 Å². The molecule has 1 saturated carbocycles. The topological polar surface area (TPSA) is 18.5 Å². The van der Waals surface area contributed by atoms with E-state index in [1.165, 1.54) is 76.1 Å². The van der Waals surface area contributed by atoms with Gasteiger partial charge in [-0.1, -0.05) is 0 Å². The third-order valence-electron chi connectivity index (χ3n) is 5.17. The van der Waals surface area contributed by atoms with Gasteiger partial charge in [-0.15, -0.1) is 0 Å². The van der Waals surface area contributed by atoms with E-state index in [1.54, 1.807) is 0 Å². The zero-order valence-electron chi connectivity index (χ0n) is 12.9. The number of nitrogens with zero attached hydrogens (tertiary/aromatic N) is 2. The zero-order valence-corrected chi connectivity index (χ0v) is 12.9. The molecule has 1 aromatic carbocycles. The smallest absolute Gasteiger partial charge is 0.0368 e. The Labute approximate surface area is 128 Å². The maximum atomic E-state index is 3.77. The van der Waals surface area contributed by atoms with Crippen LogP contribution in [0.4, 0.5) is 11.4 Å². The molecule has 0 radical (unpaired) electrons. The van der Waals surface area contributed by atoms with E-state index in [4.69, 9.17) is 0 Å². The molecule has 3 nitrogen and oxygen atoms in total. The predicted octanol–water partition coefficient (Wildman–Crippen LogP) is 3.01. The Morgan fingerprint density at radius 1 is 0.714 bits per heavy atom. The molecule has 0 aromatic heterocycles. The van der Waals surface area contributed by atoms with Crippen molar-refractivity contribution in [3.05, 3.63) is 24.3 Å². The van der Waals surface area contributed by atoms with E-state index in [1.807, 2.05) is 0 Å². The lowest BCUT2D eigenvalue weighted by molar-refractivity contribution is 0.548. The third kappa shape index (κ3) is 3.18. The molecule has 1 aromatic rings.